The number of nitrogens with one attached hydrogen (secondary N) is 1. The number of thiazole rings is 1. The van der Waals surface area contributed by atoms with E-state index in [1.807, 2.05) is 18.2 Å². The van der Waals surface area contributed by atoms with Crippen LogP contribution in [0.1, 0.15) is 23.2 Å². The van der Waals surface area contributed by atoms with Gasteiger partial charge in [-0.05, 0) is 55.3 Å². The summed E-state index contributed by atoms with van der Waals surface area (Å²) in [5.41, 5.74) is 2.10. The smallest absolute Gasteiger partial charge is 0.337 e. The largest absolute Gasteiger partial charge is 0.497 e. The maximum absolute atomic E-state index is 12.6. The second-order valence-corrected chi connectivity index (χ2v) is 8.16. The molecular formula is C22H23N3O4S. The van der Waals surface area contributed by atoms with Crippen molar-refractivity contribution in [3.05, 3.63) is 48.0 Å². The van der Waals surface area contributed by atoms with Crippen molar-refractivity contribution in [2.75, 3.05) is 37.5 Å². The van der Waals surface area contributed by atoms with Crippen LogP contribution in [0.4, 0.5) is 10.8 Å². The van der Waals surface area contributed by atoms with Crippen LogP contribution in [-0.4, -0.2) is 44.2 Å². The van der Waals surface area contributed by atoms with E-state index < -0.39 is 5.97 Å². The van der Waals surface area contributed by atoms with Gasteiger partial charge in [0.15, 0.2) is 5.13 Å². The summed E-state index contributed by atoms with van der Waals surface area (Å²) in [5.74, 6) is 0.395. The van der Waals surface area contributed by atoms with Gasteiger partial charge < -0.3 is 19.7 Å². The molecule has 0 saturated carbocycles. The van der Waals surface area contributed by atoms with Gasteiger partial charge in [-0.1, -0.05) is 11.3 Å². The molecule has 4 rings (SSSR count). The summed E-state index contributed by atoms with van der Waals surface area (Å²) in [6, 6.07) is 12.6. The average Bonchev–Trinajstić information content (AvgIpc) is 3.22. The van der Waals surface area contributed by atoms with Crippen molar-refractivity contribution in [1.82, 2.24) is 4.98 Å². The van der Waals surface area contributed by atoms with Gasteiger partial charge in [-0.15, -0.1) is 0 Å². The number of aromatic nitrogens is 1. The predicted octanol–water partition coefficient (Wildman–Crippen LogP) is 3.95. The molecule has 0 unspecified atom stereocenters. The number of anilines is 2. The minimum Gasteiger partial charge on any atom is -0.497 e. The van der Waals surface area contributed by atoms with Gasteiger partial charge in [-0.2, -0.15) is 0 Å². The molecule has 3 aromatic rings. The predicted molar refractivity (Wildman–Crippen MR) is 118 cm³/mol. The van der Waals surface area contributed by atoms with Gasteiger partial charge in [0, 0.05) is 24.7 Å². The lowest BCUT2D eigenvalue weighted by Crippen LogP contribution is -2.38. The molecule has 7 nitrogen and oxygen atoms in total. The van der Waals surface area contributed by atoms with Crippen LogP contribution in [0.5, 0.6) is 5.75 Å². The van der Waals surface area contributed by atoms with E-state index >= 15 is 0 Å². The number of carbonyl (C=O) groups excluding carboxylic acids is 2. The number of esters is 1. The zero-order chi connectivity index (χ0) is 21.1. The van der Waals surface area contributed by atoms with Gasteiger partial charge in [-0.3, -0.25) is 4.79 Å². The maximum atomic E-state index is 12.6. The van der Waals surface area contributed by atoms with Crippen LogP contribution < -0.4 is 15.0 Å². The van der Waals surface area contributed by atoms with Crippen molar-refractivity contribution in [3.63, 3.8) is 0 Å². The molecule has 1 amide bonds. The Bertz CT molecular complexity index is 1060. The average molecular weight is 426 g/mol. The zero-order valence-corrected chi connectivity index (χ0v) is 17.7. The van der Waals surface area contributed by atoms with Crippen LogP contribution in [0.2, 0.25) is 0 Å². The van der Waals surface area contributed by atoms with E-state index in [9.17, 15) is 9.59 Å². The van der Waals surface area contributed by atoms with Crippen LogP contribution in [0, 0.1) is 5.92 Å². The van der Waals surface area contributed by atoms with Crippen LogP contribution in [0.15, 0.2) is 42.5 Å². The number of carbonyl (C=O) groups is 2. The molecule has 2 heterocycles. The Labute approximate surface area is 178 Å². The first-order valence-electron chi connectivity index (χ1n) is 9.76. The van der Waals surface area contributed by atoms with Gasteiger partial charge >= 0.3 is 5.97 Å². The SMILES string of the molecule is COC(=O)c1ccc(NC(=O)C2CCN(c3nc4ccc(OC)cc4s3)CC2)cc1. The van der Waals surface area contributed by atoms with Gasteiger partial charge in [0.05, 0.1) is 30.0 Å². The molecule has 2 aromatic carbocycles. The minimum absolute atomic E-state index is 0.00880. The summed E-state index contributed by atoms with van der Waals surface area (Å²) < 4.78 is 11.1. The summed E-state index contributed by atoms with van der Waals surface area (Å²) in [6.45, 7) is 1.58. The van der Waals surface area contributed by atoms with Crippen molar-refractivity contribution in [3.8, 4) is 5.75 Å². The van der Waals surface area contributed by atoms with Crippen molar-refractivity contribution >= 4 is 44.2 Å². The van der Waals surface area contributed by atoms with Crippen LogP contribution in [0.25, 0.3) is 10.2 Å². The third-order valence-corrected chi connectivity index (χ3v) is 6.37. The standard InChI is InChI=1S/C22H23N3O4S/c1-28-17-7-8-18-19(13-17)30-22(24-18)25-11-9-14(10-12-25)20(26)23-16-5-3-15(4-6-16)21(27)29-2/h3-8,13-14H,9-12H2,1-2H3,(H,23,26). The first-order valence-corrected chi connectivity index (χ1v) is 10.6. The number of hydrogen-bond donors (Lipinski definition) is 1. The molecular weight excluding hydrogens is 402 g/mol. The highest BCUT2D eigenvalue weighted by Crippen LogP contribution is 2.33. The molecule has 0 spiro atoms. The third kappa shape index (κ3) is 4.23. The van der Waals surface area contributed by atoms with E-state index in [1.54, 1.807) is 42.7 Å². The molecule has 1 fully saturated rings. The summed E-state index contributed by atoms with van der Waals surface area (Å²) in [5, 5.41) is 3.93. The van der Waals surface area contributed by atoms with E-state index in [2.05, 4.69) is 15.0 Å². The first-order chi connectivity index (χ1) is 14.6. The highest BCUT2D eigenvalue weighted by atomic mass is 32.1. The monoisotopic (exact) mass is 425 g/mol. The summed E-state index contributed by atoms with van der Waals surface area (Å²) in [6.07, 6.45) is 1.54. The van der Waals surface area contributed by atoms with E-state index in [-0.39, 0.29) is 11.8 Å². The molecule has 0 radical (unpaired) electrons. The molecule has 0 bridgehead atoms. The number of ether oxygens (including phenoxy) is 2. The second-order valence-electron chi connectivity index (χ2n) is 7.15. The lowest BCUT2D eigenvalue weighted by atomic mass is 9.96. The number of fused-ring (bicyclic) bond motifs is 1. The van der Waals surface area contributed by atoms with Crippen LogP contribution >= 0.6 is 11.3 Å². The Hall–Kier alpha value is -3.13. The molecule has 1 aliphatic heterocycles. The Balaban J connectivity index is 1.35. The fraction of sp³-hybridized carbons (Fsp3) is 0.318. The molecule has 0 atom stereocenters. The second kappa shape index (κ2) is 8.71. The number of benzene rings is 2. The highest BCUT2D eigenvalue weighted by molar-refractivity contribution is 7.22. The van der Waals surface area contributed by atoms with E-state index in [0.29, 0.717) is 11.3 Å². The van der Waals surface area contributed by atoms with Crippen molar-refractivity contribution in [1.29, 1.82) is 0 Å². The molecule has 30 heavy (non-hydrogen) atoms. The topological polar surface area (TPSA) is 80.8 Å². The van der Waals surface area contributed by atoms with Crippen LogP contribution in [0.3, 0.4) is 0 Å². The van der Waals surface area contributed by atoms with Crippen molar-refractivity contribution in [2.45, 2.75) is 12.8 Å². The van der Waals surface area contributed by atoms with Crippen molar-refractivity contribution in [2.24, 2.45) is 5.92 Å². The highest BCUT2D eigenvalue weighted by Gasteiger charge is 2.26. The zero-order valence-electron chi connectivity index (χ0n) is 16.9. The number of hydrogen-bond acceptors (Lipinski definition) is 7. The summed E-state index contributed by atoms with van der Waals surface area (Å²) in [4.78, 5) is 31.1. The number of piperidine rings is 1. The Morgan fingerprint density at radius 2 is 1.83 bits per heavy atom. The Morgan fingerprint density at radius 3 is 2.50 bits per heavy atom. The Kier molecular flexibility index (Phi) is 5.85. The first kappa shape index (κ1) is 20.2. The van der Waals surface area contributed by atoms with Gasteiger partial charge in [0.25, 0.3) is 0 Å². The molecule has 1 saturated heterocycles. The van der Waals surface area contributed by atoms with Crippen molar-refractivity contribution < 1.29 is 19.1 Å². The Morgan fingerprint density at radius 1 is 1.10 bits per heavy atom. The summed E-state index contributed by atoms with van der Waals surface area (Å²) >= 11 is 1.65. The fourth-order valence-corrected chi connectivity index (χ4v) is 4.59. The van der Waals surface area contributed by atoms with Gasteiger partial charge in [0.1, 0.15) is 5.75 Å². The fourth-order valence-electron chi connectivity index (χ4n) is 3.54. The minimum atomic E-state index is -0.395. The van der Waals surface area contributed by atoms with E-state index in [4.69, 9.17) is 9.72 Å². The lowest BCUT2D eigenvalue weighted by molar-refractivity contribution is -0.120. The number of methoxy groups -OCH3 is 2. The van der Waals surface area contributed by atoms with Gasteiger partial charge in [-0.25, -0.2) is 9.78 Å². The normalized spacial score (nSPS) is 14.5. The quantitative estimate of drug-likeness (QED) is 0.624. The van der Waals surface area contributed by atoms with E-state index in [0.717, 1.165) is 47.0 Å². The molecule has 156 valence electrons. The number of nitrogens with zero attached hydrogens (tertiary/aromatic N) is 2. The molecule has 1 N–H and O–H groups in total. The number of rotatable bonds is 5. The van der Waals surface area contributed by atoms with E-state index in [1.165, 1.54) is 7.11 Å². The van der Waals surface area contributed by atoms with Gasteiger partial charge in [0.2, 0.25) is 5.91 Å². The molecule has 0 aliphatic carbocycles. The third-order valence-electron chi connectivity index (χ3n) is 5.29. The maximum Gasteiger partial charge on any atom is 0.337 e. The molecule has 1 aromatic heterocycles. The summed E-state index contributed by atoms with van der Waals surface area (Å²) in [7, 11) is 3.00. The molecule has 8 heteroatoms. The molecule has 1 aliphatic rings. The van der Waals surface area contributed by atoms with Crippen LogP contribution in [-0.2, 0) is 9.53 Å². The number of amides is 1. The lowest BCUT2D eigenvalue weighted by Gasteiger charge is -2.31.